The highest BCUT2D eigenvalue weighted by atomic mass is 19.1. The Bertz CT molecular complexity index is 878. The van der Waals surface area contributed by atoms with Crippen LogP contribution >= 0.6 is 0 Å². The number of nitrogens with zero attached hydrogens (tertiary/aromatic N) is 1. The third-order valence-corrected chi connectivity index (χ3v) is 5.35. The topological polar surface area (TPSA) is 32.7 Å². The van der Waals surface area contributed by atoms with Crippen molar-refractivity contribution in [3.8, 4) is 11.1 Å². The molecule has 0 saturated carbocycles. The van der Waals surface area contributed by atoms with Gasteiger partial charge in [-0.15, -0.1) is 0 Å². The first-order chi connectivity index (χ1) is 14.8. The van der Waals surface area contributed by atoms with Gasteiger partial charge in [0.2, 0.25) is 0 Å². The second kappa shape index (κ2) is 10.7. The summed E-state index contributed by atoms with van der Waals surface area (Å²) in [5.74, 6) is -0.221. The fourth-order valence-electron chi connectivity index (χ4n) is 3.70. The first-order valence-corrected chi connectivity index (χ1v) is 10.8. The molecule has 0 amide bonds. The van der Waals surface area contributed by atoms with Gasteiger partial charge >= 0.3 is 0 Å². The average molecular weight is 422 g/mol. The quantitative estimate of drug-likeness (QED) is 0.517. The molecule has 2 atom stereocenters. The molecule has 1 fully saturated rings. The van der Waals surface area contributed by atoms with Crippen LogP contribution in [0.2, 0.25) is 0 Å². The fourth-order valence-corrected chi connectivity index (χ4v) is 3.70. The van der Waals surface area contributed by atoms with Gasteiger partial charge in [0.05, 0.1) is 17.7 Å². The van der Waals surface area contributed by atoms with Crippen LogP contribution in [0.5, 0.6) is 0 Å². The Hall–Kier alpha value is -2.53. The molecule has 1 heterocycles. The van der Waals surface area contributed by atoms with Crippen molar-refractivity contribution in [1.82, 2.24) is 5.06 Å². The smallest absolute Gasteiger partial charge is 0.123 e. The number of hydroxylamine groups is 2. The van der Waals surface area contributed by atoms with Crippen LogP contribution in [-0.4, -0.2) is 28.4 Å². The number of hydrogen-bond acceptors (Lipinski definition) is 3. The van der Waals surface area contributed by atoms with E-state index in [2.05, 4.69) is 31.2 Å². The van der Waals surface area contributed by atoms with Gasteiger partial charge in [0.1, 0.15) is 5.82 Å². The van der Waals surface area contributed by atoms with Gasteiger partial charge < -0.3 is 5.11 Å². The molecule has 3 aromatic rings. The molecule has 0 aliphatic carbocycles. The van der Waals surface area contributed by atoms with E-state index in [-0.39, 0.29) is 18.0 Å². The first kappa shape index (κ1) is 23.1. The van der Waals surface area contributed by atoms with E-state index in [1.54, 1.807) is 12.1 Å². The molecule has 4 rings (SSSR count). The van der Waals surface area contributed by atoms with Crippen LogP contribution in [0.25, 0.3) is 11.1 Å². The minimum absolute atomic E-state index is 0.0703. The number of halogens is 1. The van der Waals surface area contributed by atoms with E-state index in [4.69, 9.17) is 4.84 Å². The van der Waals surface area contributed by atoms with Gasteiger partial charge in [-0.1, -0.05) is 72.8 Å². The van der Waals surface area contributed by atoms with Crippen LogP contribution in [0.15, 0.2) is 84.9 Å². The molecule has 31 heavy (non-hydrogen) atoms. The van der Waals surface area contributed by atoms with Crippen LogP contribution in [0.3, 0.4) is 0 Å². The summed E-state index contributed by atoms with van der Waals surface area (Å²) in [6.45, 7) is 6.62. The molecule has 3 aromatic carbocycles. The van der Waals surface area contributed by atoms with Crippen LogP contribution in [-0.2, 0) is 4.84 Å². The van der Waals surface area contributed by atoms with E-state index in [1.807, 2.05) is 55.3 Å². The minimum Gasteiger partial charge on any atom is -0.390 e. The zero-order valence-corrected chi connectivity index (χ0v) is 18.5. The van der Waals surface area contributed by atoms with Gasteiger partial charge in [-0.05, 0) is 56.0 Å². The van der Waals surface area contributed by atoms with Crippen LogP contribution in [0.1, 0.15) is 45.2 Å². The normalized spacial score (nSPS) is 17.6. The van der Waals surface area contributed by atoms with E-state index in [1.165, 1.54) is 17.7 Å². The molecule has 4 heteroatoms. The molecule has 0 spiro atoms. The molecule has 164 valence electrons. The van der Waals surface area contributed by atoms with Crippen molar-refractivity contribution >= 4 is 0 Å². The maximum Gasteiger partial charge on any atom is 0.123 e. The Labute approximate surface area is 185 Å². The van der Waals surface area contributed by atoms with Crippen molar-refractivity contribution in [2.45, 2.75) is 51.4 Å². The Balaban J connectivity index is 0.000000391. The van der Waals surface area contributed by atoms with Gasteiger partial charge in [0, 0.05) is 13.0 Å². The first-order valence-electron chi connectivity index (χ1n) is 10.8. The Kier molecular flexibility index (Phi) is 7.97. The molecular weight excluding hydrogens is 389 g/mol. The van der Waals surface area contributed by atoms with E-state index in [0.717, 1.165) is 24.1 Å². The summed E-state index contributed by atoms with van der Waals surface area (Å²) in [4.78, 5) is 6.01. The second-order valence-corrected chi connectivity index (χ2v) is 8.63. The summed E-state index contributed by atoms with van der Waals surface area (Å²) in [7, 11) is 0. The third kappa shape index (κ3) is 7.28. The lowest BCUT2D eigenvalue weighted by Crippen LogP contribution is -2.28. The van der Waals surface area contributed by atoms with Gasteiger partial charge in [-0.2, -0.15) is 5.06 Å². The molecule has 1 aliphatic heterocycles. The van der Waals surface area contributed by atoms with Crippen molar-refractivity contribution in [1.29, 1.82) is 0 Å². The van der Waals surface area contributed by atoms with Crippen LogP contribution in [0.4, 0.5) is 4.39 Å². The maximum absolute atomic E-state index is 13.0. The Morgan fingerprint density at radius 2 is 1.42 bits per heavy atom. The zero-order chi connectivity index (χ0) is 22.3. The second-order valence-electron chi connectivity index (χ2n) is 8.63. The fraction of sp³-hybridized carbons (Fsp3) is 0.333. The van der Waals surface area contributed by atoms with Gasteiger partial charge in [-0.3, -0.25) is 4.84 Å². The number of hydrogen-bond donors (Lipinski definition) is 1. The van der Waals surface area contributed by atoms with E-state index in [0.29, 0.717) is 6.42 Å². The molecule has 1 aliphatic rings. The SMILES string of the molecule is CC(c1ccc(-c2ccc(F)cc2)cc1)N1CCC(CC(C)(C)O)O1.c1ccccc1. The summed E-state index contributed by atoms with van der Waals surface area (Å²) in [5.41, 5.74) is 2.54. The van der Waals surface area contributed by atoms with Gasteiger partial charge in [-0.25, -0.2) is 4.39 Å². The van der Waals surface area contributed by atoms with Crippen LogP contribution in [0, 0.1) is 5.82 Å². The third-order valence-electron chi connectivity index (χ3n) is 5.35. The van der Waals surface area contributed by atoms with Crippen molar-refractivity contribution in [2.75, 3.05) is 6.54 Å². The van der Waals surface area contributed by atoms with Crippen molar-refractivity contribution in [3.63, 3.8) is 0 Å². The van der Waals surface area contributed by atoms with E-state index >= 15 is 0 Å². The van der Waals surface area contributed by atoms with Crippen molar-refractivity contribution in [3.05, 3.63) is 96.3 Å². The molecular formula is C27H32FNO2. The highest BCUT2D eigenvalue weighted by molar-refractivity contribution is 5.63. The molecule has 2 unspecified atom stereocenters. The minimum atomic E-state index is -0.708. The van der Waals surface area contributed by atoms with Crippen molar-refractivity contribution < 1.29 is 14.3 Å². The zero-order valence-electron chi connectivity index (χ0n) is 18.5. The molecule has 0 bridgehead atoms. The molecule has 1 N–H and O–H groups in total. The monoisotopic (exact) mass is 421 g/mol. The number of aliphatic hydroxyl groups is 1. The lowest BCUT2D eigenvalue weighted by molar-refractivity contribution is -0.180. The lowest BCUT2D eigenvalue weighted by Gasteiger charge is -2.26. The van der Waals surface area contributed by atoms with Crippen LogP contribution < -0.4 is 0 Å². The van der Waals surface area contributed by atoms with Gasteiger partial charge in [0.15, 0.2) is 0 Å². The average Bonchev–Trinajstić information content (AvgIpc) is 3.22. The molecule has 3 nitrogen and oxygen atoms in total. The van der Waals surface area contributed by atoms with E-state index < -0.39 is 5.60 Å². The summed E-state index contributed by atoms with van der Waals surface area (Å²) in [5, 5.41) is 12.0. The Morgan fingerprint density at radius 1 is 0.935 bits per heavy atom. The predicted molar refractivity (Wildman–Crippen MR) is 124 cm³/mol. The summed E-state index contributed by atoms with van der Waals surface area (Å²) in [6, 6.07) is 27.0. The Morgan fingerprint density at radius 3 is 1.90 bits per heavy atom. The summed E-state index contributed by atoms with van der Waals surface area (Å²) >= 11 is 0. The van der Waals surface area contributed by atoms with Gasteiger partial charge in [0.25, 0.3) is 0 Å². The predicted octanol–water partition coefficient (Wildman–Crippen LogP) is 6.41. The van der Waals surface area contributed by atoms with E-state index in [9.17, 15) is 9.50 Å². The highest BCUT2D eigenvalue weighted by Crippen LogP contribution is 2.31. The highest BCUT2D eigenvalue weighted by Gasteiger charge is 2.31. The maximum atomic E-state index is 13.0. The van der Waals surface area contributed by atoms with Crippen molar-refractivity contribution in [2.24, 2.45) is 0 Å². The number of rotatable bonds is 5. The molecule has 0 aromatic heterocycles. The standard InChI is InChI=1S/C21H26FNO2.C6H6/c1-15(23-13-12-20(25-23)14-21(2,3)24)16-4-6-17(7-5-16)18-8-10-19(22)11-9-18;1-2-4-6-5-3-1/h4-11,15,20,24H,12-14H2,1-3H3;1-6H. The summed E-state index contributed by atoms with van der Waals surface area (Å²) < 4.78 is 13.0. The molecule has 0 radical (unpaired) electrons. The lowest BCUT2D eigenvalue weighted by atomic mass is 9.99. The number of benzene rings is 3. The molecule has 1 saturated heterocycles. The summed E-state index contributed by atoms with van der Waals surface area (Å²) in [6.07, 6.45) is 1.64. The largest absolute Gasteiger partial charge is 0.390 e.